The average molecular weight is 209 g/mol. The third-order valence-corrected chi connectivity index (χ3v) is 2.44. The van der Waals surface area contributed by atoms with E-state index in [9.17, 15) is 0 Å². The van der Waals surface area contributed by atoms with E-state index in [-0.39, 0.29) is 0 Å². The lowest BCUT2D eigenvalue weighted by Crippen LogP contribution is -2.12. The van der Waals surface area contributed by atoms with Crippen LogP contribution in [0.15, 0.2) is 24.4 Å². The van der Waals surface area contributed by atoms with Crippen LogP contribution in [-0.4, -0.2) is 6.54 Å². The SMILES string of the molecule is C=C(/C=C\CC)NCCCCCCCC. The summed E-state index contributed by atoms with van der Waals surface area (Å²) >= 11 is 0. The minimum atomic E-state index is 1.05. The number of unbranched alkanes of at least 4 members (excludes halogenated alkanes) is 5. The molecule has 0 aliphatic carbocycles. The molecule has 0 atom stereocenters. The molecule has 1 nitrogen and oxygen atoms in total. The van der Waals surface area contributed by atoms with Gasteiger partial charge in [0, 0.05) is 12.2 Å². The molecule has 0 fully saturated rings. The smallest absolute Gasteiger partial charge is 0.0263 e. The van der Waals surface area contributed by atoms with Crippen LogP contribution in [0, 0.1) is 0 Å². The molecule has 0 unspecified atom stereocenters. The van der Waals surface area contributed by atoms with Gasteiger partial charge in [-0.25, -0.2) is 0 Å². The van der Waals surface area contributed by atoms with E-state index in [1.807, 2.05) is 0 Å². The normalized spacial score (nSPS) is 10.8. The van der Waals surface area contributed by atoms with E-state index in [0.717, 1.165) is 18.7 Å². The Morgan fingerprint density at radius 2 is 1.73 bits per heavy atom. The summed E-state index contributed by atoms with van der Waals surface area (Å²) in [4.78, 5) is 0. The molecule has 0 aromatic carbocycles. The van der Waals surface area contributed by atoms with E-state index >= 15 is 0 Å². The van der Waals surface area contributed by atoms with Gasteiger partial charge in [-0.2, -0.15) is 0 Å². The highest BCUT2D eigenvalue weighted by atomic mass is 14.9. The van der Waals surface area contributed by atoms with Gasteiger partial charge in [-0.05, 0) is 18.9 Å². The third-order valence-electron chi connectivity index (χ3n) is 2.44. The Morgan fingerprint density at radius 3 is 2.40 bits per heavy atom. The predicted molar refractivity (Wildman–Crippen MR) is 69.9 cm³/mol. The first-order valence-electron chi connectivity index (χ1n) is 6.40. The zero-order valence-corrected chi connectivity index (χ0v) is 10.5. The van der Waals surface area contributed by atoms with Gasteiger partial charge in [0.15, 0.2) is 0 Å². The zero-order chi connectivity index (χ0) is 11.4. The van der Waals surface area contributed by atoms with Gasteiger partial charge in [0.1, 0.15) is 0 Å². The maximum absolute atomic E-state index is 3.94. The van der Waals surface area contributed by atoms with Gasteiger partial charge >= 0.3 is 0 Å². The zero-order valence-electron chi connectivity index (χ0n) is 10.5. The molecular weight excluding hydrogens is 182 g/mol. The number of allylic oxidation sites excluding steroid dienone is 2. The third kappa shape index (κ3) is 11.2. The molecule has 0 bridgehead atoms. The van der Waals surface area contributed by atoms with E-state index in [2.05, 4.69) is 37.9 Å². The number of rotatable bonds is 10. The van der Waals surface area contributed by atoms with Crippen molar-refractivity contribution in [3.05, 3.63) is 24.4 Å². The maximum Gasteiger partial charge on any atom is 0.0263 e. The highest BCUT2D eigenvalue weighted by molar-refractivity contribution is 5.11. The van der Waals surface area contributed by atoms with Crippen molar-refractivity contribution < 1.29 is 0 Å². The molecule has 1 N–H and O–H groups in total. The van der Waals surface area contributed by atoms with Gasteiger partial charge in [0.25, 0.3) is 0 Å². The lowest BCUT2D eigenvalue weighted by molar-refractivity contribution is 0.595. The second-order valence-corrected chi connectivity index (χ2v) is 4.03. The van der Waals surface area contributed by atoms with Crippen LogP contribution in [0.25, 0.3) is 0 Å². The van der Waals surface area contributed by atoms with E-state index in [4.69, 9.17) is 0 Å². The van der Waals surface area contributed by atoms with Crippen molar-refractivity contribution in [1.29, 1.82) is 0 Å². The van der Waals surface area contributed by atoms with Crippen LogP contribution in [0.1, 0.15) is 58.8 Å². The van der Waals surface area contributed by atoms with E-state index in [0.29, 0.717) is 0 Å². The molecule has 0 amide bonds. The summed E-state index contributed by atoms with van der Waals surface area (Å²) in [5, 5.41) is 3.33. The van der Waals surface area contributed by atoms with Crippen molar-refractivity contribution in [2.75, 3.05) is 6.54 Å². The predicted octanol–water partition coefficient (Wildman–Crippen LogP) is 4.42. The first-order valence-corrected chi connectivity index (χ1v) is 6.40. The van der Waals surface area contributed by atoms with Gasteiger partial charge in [-0.3, -0.25) is 0 Å². The Balaban J connectivity index is 3.16. The summed E-state index contributed by atoms with van der Waals surface area (Å²) in [6.07, 6.45) is 13.4. The maximum atomic E-state index is 3.94. The summed E-state index contributed by atoms with van der Waals surface area (Å²) in [5.74, 6) is 0. The van der Waals surface area contributed by atoms with Crippen LogP contribution in [0.4, 0.5) is 0 Å². The van der Waals surface area contributed by atoms with Crippen LogP contribution in [0.3, 0.4) is 0 Å². The monoisotopic (exact) mass is 209 g/mol. The molecule has 0 aromatic heterocycles. The second kappa shape index (κ2) is 11.4. The highest BCUT2D eigenvalue weighted by Crippen LogP contribution is 2.04. The van der Waals surface area contributed by atoms with Crippen LogP contribution in [-0.2, 0) is 0 Å². The Hall–Kier alpha value is -0.720. The summed E-state index contributed by atoms with van der Waals surface area (Å²) in [6, 6.07) is 0. The van der Waals surface area contributed by atoms with Crippen molar-refractivity contribution in [1.82, 2.24) is 5.32 Å². The first-order chi connectivity index (χ1) is 7.31. The minimum Gasteiger partial charge on any atom is -0.386 e. The van der Waals surface area contributed by atoms with Crippen molar-refractivity contribution in [2.45, 2.75) is 58.8 Å². The topological polar surface area (TPSA) is 12.0 Å². The van der Waals surface area contributed by atoms with Gasteiger partial charge in [-0.1, -0.05) is 58.6 Å². The highest BCUT2D eigenvalue weighted by Gasteiger charge is 1.90. The standard InChI is InChI=1S/C14H27N/c1-4-6-8-9-10-11-13-15-14(3)12-7-5-2/h7,12,15H,3-6,8-11,13H2,1-2H3/b12-7-. The van der Waals surface area contributed by atoms with Crippen molar-refractivity contribution in [3.63, 3.8) is 0 Å². The quantitative estimate of drug-likeness (QED) is 0.415. The molecule has 0 rings (SSSR count). The Kier molecular flexibility index (Phi) is 10.8. The Labute approximate surface area is 95.7 Å². The molecule has 0 aliphatic heterocycles. The van der Waals surface area contributed by atoms with Gasteiger partial charge in [-0.15, -0.1) is 0 Å². The molecule has 0 saturated carbocycles. The summed E-state index contributed by atoms with van der Waals surface area (Å²) < 4.78 is 0. The largest absolute Gasteiger partial charge is 0.386 e. The number of hydrogen-bond acceptors (Lipinski definition) is 1. The fourth-order valence-electron chi connectivity index (χ4n) is 1.47. The van der Waals surface area contributed by atoms with Crippen molar-refractivity contribution in [3.8, 4) is 0 Å². The number of nitrogens with one attached hydrogen (secondary N) is 1. The molecule has 0 saturated heterocycles. The molecule has 1 heteroatoms. The van der Waals surface area contributed by atoms with Gasteiger partial charge in [0.2, 0.25) is 0 Å². The molecule has 88 valence electrons. The van der Waals surface area contributed by atoms with E-state index in [1.165, 1.54) is 38.5 Å². The molecule has 15 heavy (non-hydrogen) atoms. The molecule has 0 radical (unpaired) electrons. The lowest BCUT2D eigenvalue weighted by atomic mass is 10.1. The minimum absolute atomic E-state index is 1.05. The van der Waals surface area contributed by atoms with Crippen LogP contribution in [0.5, 0.6) is 0 Å². The average Bonchev–Trinajstić information content (AvgIpc) is 2.25. The lowest BCUT2D eigenvalue weighted by Gasteiger charge is -2.05. The van der Waals surface area contributed by atoms with Crippen LogP contribution < -0.4 is 5.32 Å². The molecular formula is C14H27N. The Bertz CT molecular complexity index is 170. The summed E-state index contributed by atoms with van der Waals surface area (Å²) in [7, 11) is 0. The van der Waals surface area contributed by atoms with Gasteiger partial charge < -0.3 is 5.32 Å². The van der Waals surface area contributed by atoms with Crippen LogP contribution in [0.2, 0.25) is 0 Å². The van der Waals surface area contributed by atoms with Crippen molar-refractivity contribution in [2.24, 2.45) is 0 Å². The summed E-state index contributed by atoms with van der Waals surface area (Å²) in [6.45, 7) is 9.40. The van der Waals surface area contributed by atoms with Gasteiger partial charge in [0.05, 0.1) is 0 Å². The Morgan fingerprint density at radius 1 is 1.07 bits per heavy atom. The molecule has 0 heterocycles. The molecule has 0 aromatic rings. The van der Waals surface area contributed by atoms with Crippen molar-refractivity contribution >= 4 is 0 Å². The number of hydrogen-bond donors (Lipinski definition) is 1. The second-order valence-electron chi connectivity index (χ2n) is 4.03. The fourth-order valence-corrected chi connectivity index (χ4v) is 1.47. The first kappa shape index (κ1) is 14.3. The van der Waals surface area contributed by atoms with E-state index < -0.39 is 0 Å². The fraction of sp³-hybridized carbons (Fsp3) is 0.714. The summed E-state index contributed by atoms with van der Waals surface area (Å²) in [5.41, 5.74) is 1.05. The van der Waals surface area contributed by atoms with Crippen LogP contribution >= 0.6 is 0 Å². The molecule has 0 aliphatic rings. The van der Waals surface area contributed by atoms with E-state index in [1.54, 1.807) is 0 Å². The molecule has 0 spiro atoms.